The summed E-state index contributed by atoms with van der Waals surface area (Å²) in [4.78, 5) is 10.9. The number of carbonyl (C=O) groups excluding carboxylic acids is 1. The number of esters is 1. The van der Waals surface area contributed by atoms with Gasteiger partial charge in [-0.25, -0.2) is 4.79 Å². The van der Waals surface area contributed by atoms with Gasteiger partial charge >= 0.3 is 5.97 Å². The fraction of sp³-hybridized carbons (Fsp3) is 0.750. The van der Waals surface area contributed by atoms with Gasteiger partial charge in [0, 0.05) is 11.5 Å². The lowest BCUT2D eigenvalue weighted by Gasteiger charge is -2.45. The minimum absolute atomic E-state index is 0.232. The van der Waals surface area contributed by atoms with Gasteiger partial charge in [0.25, 0.3) is 0 Å². The van der Waals surface area contributed by atoms with E-state index in [9.17, 15) is 4.79 Å². The zero-order chi connectivity index (χ0) is 11.3. The lowest BCUT2D eigenvalue weighted by atomic mass is 9.71. The molecule has 1 heterocycles. The van der Waals surface area contributed by atoms with Crippen LogP contribution in [-0.2, 0) is 14.3 Å². The maximum Gasteiger partial charge on any atom is 0.330 e. The second-order valence-corrected chi connectivity index (χ2v) is 4.29. The van der Waals surface area contributed by atoms with E-state index in [4.69, 9.17) is 9.47 Å². The van der Waals surface area contributed by atoms with Crippen LogP contribution in [0.1, 0.15) is 26.7 Å². The Morgan fingerprint density at radius 1 is 1.67 bits per heavy atom. The van der Waals surface area contributed by atoms with Gasteiger partial charge in [0.05, 0.1) is 19.8 Å². The van der Waals surface area contributed by atoms with Gasteiger partial charge in [-0.3, -0.25) is 0 Å². The molecule has 3 heteroatoms. The smallest absolute Gasteiger partial charge is 0.330 e. The summed E-state index contributed by atoms with van der Waals surface area (Å²) in [6.07, 6.45) is 3.23. The average molecular weight is 212 g/mol. The highest BCUT2D eigenvalue weighted by Crippen LogP contribution is 2.40. The van der Waals surface area contributed by atoms with E-state index < -0.39 is 0 Å². The van der Waals surface area contributed by atoms with E-state index in [-0.39, 0.29) is 11.4 Å². The third-order valence-corrected chi connectivity index (χ3v) is 3.45. The van der Waals surface area contributed by atoms with Crippen LogP contribution >= 0.6 is 0 Å². The monoisotopic (exact) mass is 212 g/mol. The second-order valence-electron chi connectivity index (χ2n) is 4.29. The second kappa shape index (κ2) is 5.31. The molecule has 0 bridgehead atoms. The van der Waals surface area contributed by atoms with Gasteiger partial charge in [-0.05, 0) is 12.3 Å². The molecule has 0 N–H and O–H groups in total. The number of rotatable bonds is 6. The van der Waals surface area contributed by atoms with Crippen molar-refractivity contribution in [2.24, 2.45) is 11.3 Å². The summed E-state index contributed by atoms with van der Waals surface area (Å²) in [6.45, 7) is 9.85. The molecule has 0 radical (unpaired) electrons. The Bertz CT molecular complexity index is 231. The quantitative estimate of drug-likeness (QED) is 0.500. The Labute approximate surface area is 91.4 Å². The van der Waals surface area contributed by atoms with Crippen LogP contribution in [0.25, 0.3) is 0 Å². The molecule has 86 valence electrons. The number of carbonyl (C=O) groups is 1. The summed E-state index contributed by atoms with van der Waals surface area (Å²) < 4.78 is 10.3. The average Bonchev–Trinajstić information content (AvgIpc) is 2.20. The normalized spacial score (nSPS) is 20.1. The van der Waals surface area contributed by atoms with Crippen molar-refractivity contribution in [1.29, 1.82) is 0 Å². The molecule has 0 aromatic rings. The molecule has 0 aromatic heterocycles. The highest BCUT2D eigenvalue weighted by atomic mass is 16.5. The highest BCUT2D eigenvalue weighted by Gasteiger charge is 2.42. The van der Waals surface area contributed by atoms with Crippen molar-refractivity contribution in [2.75, 3.05) is 19.8 Å². The first kappa shape index (κ1) is 12.2. The van der Waals surface area contributed by atoms with Crippen LogP contribution < -0.4 is 0 Å². The van der Waals surface area contributed by atoms with Crippen molar-refractivity contribution >= 4 is 5.97 Å². The van der Waals surface area contributed by atoms with Gasteiger partial charge in [-0.1, -0.05) is 26.8 Å². The van der Waals surface area contributed by atoms with E-state index in [0.29, 0.717) is 12.5 Å². The maximum atomic E-state index is 10.9. The maximum absolute atomic E-state index is 10.9. The fourth-order valence-corrected chi connectivity index (χ4v) is 1.89. The SMILES string of the molecule is C=CC(=O)OCCC1(C(C)CC)COC1. The summed E-state index contributed by atoms with van der Waals surface area (Å²) >= 11 is 0. The van der Waals surface area contributed by atoms with Crippen molar-refractivity contribution in [1.82, 2.24) is 0 Å². The standard InChI is InChI=1S/C12H20O3/c1-4-10(3)12(8-14-9-12)6-7-15-11(13)5-2/h5,10H,2,4,6-9H2,1,3H3. The Morgan fingerprint density at radius 2 is 2.33 bits per heavy atom. The molecule has 0 aliphatic carbocycles. The molecular weight excluding hydrogens is 192 g/mol. The van der Waals surface area contributed by atoms with Crippen molar-refractivity contribution in [3.8, 4) is 0 Å². The van der Waals surface area contributed by atoms with E-state index in [1.807, 2.05) is 0 Å². The van der Waals surface area contributed by atoms with Gasteiger partial charge in [-0.2, -0.15) is 0 Å². The first-order chi connectivity index (χ1) is 7.14. The van der Waals surface area contributed by atoms with Crippen molar-refractivity contribution in [2.45, 2.75) is 26.7 Å². The fourth-order valence-electron chi connectivity index (χ4n) is 1.89. The molecular formula is C12H20O3. The molecule has 0 aromatic carbocycles. The molecule has 1 rings (SSSR count). The number of ether oxygens (including phenoxy) is 2. The van der Waals surface area contributed by atoms with Crippen molar-refractivity contribution in [3.63, 3.8) is 0 Å². The predicted molar refractivity (Wildman–Crippen MR) is 58.5 cm³/mol. The summed E-state index contributed by atoms with van der Waals surface area (Å²) in [6, 6.07) is 0. The third-order valence-electron chi connectivity index (χ3n) is 3.45. The zero-order valence-corrected chi connectivity index (χ0v) is 9.62. The largest absolute Gasteiger partial charge is 0.463 e. The van der Waals surface area contributed by atoms with E-state index in [1.54, 1.807) is 0 Å². The van der Waals surface area contributed by atoms with Crippen molar-refractivity contribution < 1.29 is 14.3 Å². The van der Waals surface area contributed by atoms with Gasteiger partial charge < -0.3 is 9.47 Å². The van der Waals surface area contributed by atoms with Crippen LogP contribution in [0.4, 0.5) is 0 Å². The molecule has 0 saturated carbocycles. The van der Waals surface area contributed by atoms with Gasteiger partial charge in [-0.15, -0.1) is 0 Å². The summed E-state index contributed by atoms with van der Waals surface area (Å²) in [5, 5.41) is 0. The van der Waals surface area contributed by atoms with Gasteiger partial charge in [0.15, 0.2) is 0 Å². The van der Waals surface area contributed by atoms with Crippen molar-refractivity contribution in [3.05, 3.63) is 12.7 Å². The lowest BCUT2D eigenvalue weighted by Crippen LogP contribution is -2.48. The van der Waals surface area contributed by atoms with Gasteiger partial charge in [0.2, 0.25) is 0 Å². The predicted octanol–water partition coefficient (Wildman–Crippen LogP) is 2.17. The molecule has 1 fully saturated rings. The first-order valence-electron chi connectivity index (χ1n) is 5.51. The molecule has 0 spiro atoms. The zero-order valence-electron chi connectivity index (χ0n) is 9.62. The molecule has 0 amide bonds. The minimum atomic E-state index is -0.338. The summed E-state index contributed by atoms with van der Waals surface area (Å²) in [5.41, 5.74) is 0.232. The first-order valence-corrected chi connectivity index (χ1v) is 5.51. The van der Waals surface area contributed by atoms with E-state index in [2.05, 4.69) is 20.4 Å². The van der Waals surface area contributed by atoms with Crippen LogP contribution in [0.3, 0.4) is 0 Å². The third kappa shape index (κ3) is 2.81. The Kier molecular flexibility index (Phi) is 4.33. The van der Waals surface area contributed by atoms with E-state index >= 15 is 0 Å². The van der Waals surface area contributed by atoms with Crippen LogP contribution in [0.15, 0.2) is 12.7 Å². The minimum Gasteiger partial charge on any atom is -0.463 e. The summed E-state index contributed by atoms with van der Waals surface area (Å²) in [5.74, 6) is 0.281. The summed E-state index contributed by atoms with van der Waals surface area (Å²) in [7, 11) is 0. The van der Waals surface area contributed by atoms with Crippen LogP contribution in [-0.4, -0.2) is 25.8 Å². The molecule has 1 atom stereocenters. The Morgan fingerprint density at radius 3 is 2.73 bits per heavy atom. The Hall–Kier alpha value is -0.830. The van der Waals surface area contributed by atoms with Crippen LogP contribution in [0, 0.1) is 11.3 Å². The van der Waals surface area contributed by atoms with E-state index in [0.717, 1.165) is 26.1 Å². The molecule has 15 heavy (non-hydrogen) atoms. The van der Waals surface area contributed by atoms with E-state index in [1.165, 1.54) is 6.08 Å². The number of hydrogen-bond acceptors (Lipinski definition) is 3. The number of hydrogen-bond donors (Lipinski definition) is 0. The highest BCUT2D eigenvalue weighted by molar-refractivity contribution is 5.81. The topological polar surface area (TPSA) is 35.5 Å². The molecule has 1 aliphatic heterocycles. The molecule has 1 unspecified atom stereocenters. The lowest BCUT2D eigenvalue weighted by molar-refractivity contribution is -0.160. The van der Waals surface area contributed by atoms with Crippen LogP contribution in [0.2, 0.25) is 0 Å². The molecule has 1 aliphatic rings. The van der Waals surface area contributed by atoms with Crippen LogP contribution in [0.5, 0.6) is 0 Å². The Balaban J connectivity index is 2.34. The molecule has 3 nitrogen and oxygen atoms in total. The van der Waals surface area contributed by atoms with Gasteiger partial charge in [0.1, 0.15) is 0 Å². The molecule has 1 saturated heterocycles.